The first-order valence-corrected chi connectivity index (χ1v) is 13.6. The Morgan fingerprint density at radius 2 is 1.91 bits per heavy atom. The Morgan fingerprint density at radius 3 is 2.53 bits per heavy atom. The molecule has 176 valence electrons. The topological polar surface area (TPSA) is 81.7 Å². The first-order chi connectivity index (χ1) is 15.3. The number of carbonyl (C=O) groups excluding carboxylic acids is 1. The number of benzene rings is 1. The smallest absolute Gasteiger partial charge is 0.250 e. The number of amides is 1. The molecule has 32 heavy (non-hydrogen) atoms. The molecule has 1 aromatic heterocycles. The van der Waals surface area contributed by atoms with E-state index in [-0.39, 0.29) is 16.0 Å². The molecule has 1 saturated heterocycles. The van der Waals surface area contributed by atoms with Crippen LogP contribution < -0.4 is 14.9 Å². The number of rotatable bonds is 10. The predicted molar refractivity (Wildman–Crippen MR) is 131 cm³/mol. The van der Waals surface area contributed by atoms with Crippen molar-refractivity contribution < 1.29 is 13.2 Å². The molecular weight excluding hydrogens is 468 g/mol. The van der Waals surface area contributed by atoms with Gasteiger partial charge in [0.1, 0.15) is 10.3 Å². The lowest BCUT2D eigenvalue weighted by molar-refractivity contribution is -0.123. The Morgan fingerprint density at radius 1 is 1.16 bits per heavy atom. The molecule has 0 aliphatic carbocycles. The second-order valence-electron chi connectivity index (χ2n) is 8.23. The largest absolute Gasteiger partial charge is 0.369 e. The number of nitrogens with one attached hydrogen (secondary N) is 2. The molecule has 0 radical (unpaired) electrons. The summed E-state index contributed by atoms with van der Waals surface area (Å²) < 4.78 is 27.8. The van der Waals surface area contributed by atoms with Crippen LogP contribution in [-0.4, -0.2) is 64.5 Å². The zero-order valence-corrected chi connectivity index (χ0v) is 20.8. The Labute approximate surface area is 199 Å². The van der Waals surface area contributed by atoms with Gasteiger partial charge in [-0.1, -0.05) is 37.6 Å². The Hall–Kier alpha value is -1.65. The molecule has 2 N–H and O–H groups in total. The van der Waals surface area contributed by atoms with Crippen LogP contribution in [0.2, 0.25) is 5.02 Å². The monoisotopic (exact) mass is 498 g/mol. The molecule has 0 spiro atoms. The molecule has 1 aliphatic heterocycles. The highest BCUT2D eigenvalue weighted by molar-refractivity contribution is 7.91. The van der Waals surface area contributed by atoms with Crippen LogP contribution in [0.1, 0.15) is 20.3 Å². The van der Waals surface area contributed by atoms with Gasteiger partial charge < -0.3 is 10.2 Å². The summed E-state index contributed by atoms with van der Waals surface area (Å²) in [5, 5.41) is 5.35. The van der Waals surface area contributed by atoms with E-state index in [0.29, 0.717) is 6.54 Å². The third-order valence-electron chi connectivity index (χ3n) is 5.49. The van der Waals surface area contributed by atoms with E-state index < -0.39 is 16.1 Å². The van der Waals surface area contributed by atoms with Crippen LogP contribution in [0.4, 0.5) is 5.69 Å². The Kier molecular flexibility index (Phi) is 8.95. The number of thiophene rings is 1. The minimum absolute atomic E-state index is 0.163. The highest BCUT2D eigenvalue weighted by atomic mass is 35.5. The second-order valence-corrected chi connectivity index (χ2v) is 11.6. The molecule has 10 heteroatoms. The van der Waals surface area contributed by atoms with Gasteiger partial charge in [0.15, 0.2) is 0 Å². The molecule has 7 nitrogen and oxygen atoms in total. The zero-order chi connectivity index (χ0) is 23.1. The van der Waals surface area contributed by atoms with Crippen molar-refractivity contribution in [2.75, 3.05) is 44.2 Å². The van der Waals surface area contributed by atoms with Gasteiger partial charge in [-0.25, -0.2) is 8.42 Å². The van der Waals surface area contributed by atoms with Crippen LogP contribution in [0.5, 0.6) is 0 Å². The molecule has 0 saturated carbocycles. The van der Waals surface area contributed by atoms with Crippen molar-refractivity contribution in [3.8, 4) is 0 Å². The van der Waals surface area contributed by atoms with E-state index in [1.54, 1.807) is 11.4 Å². The summed E-state index contributed by atoms with van der Waals surface area (Å²) in [7, 11) is -3.70. The lowest BCUT2D eigenvalue weighted by Gasteiger charge is -2.36. The highest BCUT2D eigenvalue weighted by Gasteiger charge is 2.28. The molecule has 3 rings (SSSR count). The zero-order valence-electron chi connectivity index (χ0n) is 18.5. The quantitative estimate of drug-likeness (QED) is 0.492. The van der Waals surface area contributed by atoms with Gasteiger partial charge in [0.25, 0.3) is 10.0 Å². The third kappa shape index (κ3) is 6.92. The van der Waals surface area contributed by atoms with Gasteiger partial charge in [0.05, 0.1) is 0 Å². The van der Waals surface area contributed by atoms with E-state index >= 15 is 0 Å². The van der Waals surface area contributed by atoms with Crippen molar-refractivity contribution in [3.63, 3.8) is 0 Å². The second kappa shape index (κ2) is 11.5. The summed E-state index contributed by atoms with van der Waals surface area (Å²) in [5.74, 6) is -0.449. The molecule has 1 fully saturated rings. The fraction of sp³-hybridized carbons (Fsp3) is 0.500. The number of halogens is 1. The summed E-state index contributed by atoms with van der Waals surface area (Å²) in [6.45, 7) is 8.85. The Balaban J connectivity index is 1.40. The number of piperazine rings is 1. The molecule has 0 unspecified atom stereocenters. The van der Waals surface area contributed by atoms with Crippen molar-refractivity contribution in [2.45, 2.75) is 30.5 Å². The van der Waals surface area contributed by atoms with E-state index in [1.165, 1.54) is 6.07 Å². The van der Waals surface area contributed by atoms with Gasteiger partial charge in [-0.15, -0.1) is 11.3 Å². The molecule has 2 heterocycles. The van der Waals surface area contributed by atoms with Gasteiger partial charge in [-0.05, 0) is 48.5 Å². The number of hydrogen-bond donors (Lipinski definition) is 2. The predicted octanol–water partition coefficient (Wildman–Crippen LogP) is 3.03. The van der Waals surface area contributed by atoms with Crippen molar-refractivity contribution in [3.05, 3.63) is 46.8 Å². The summed E-state index contributed by atoms with van der Waals surface area (Å²) in [6.07, 6.45) is 0.811. The Bertz CT molecular complexity index is 975. The minimum atomic E-state index is -3.70. The molecule has 1 amide bonds. The maximum absolute atomic E-state index is 12.6. The average molecular weight is 499 g/mol. The lowest BCUT2D eigenvalue weighted by Crippen LogP contribution is -2.50. The third-order valence-corrected chi connectivity index (χ3v) is 8.56. The van der Waals surface area contributed by atoms with E-state index in [4.69, 9.17) is 11.6 Å². The minimum Gasteiger partial charge on any atom is -0.369 e. The summed E-state index contributed by atoms with van der Waals surface area (Å²) >= 11 is 7.23. The van der Waals surface area contributed by atoms with E-state index in [2.05, 4.69) is 25.9 Å². The SMILES string of the molecule is CC(C)[C@@H](NS(=O)(=O)c1cccs1)C(=O)NCCCN1CCN(c2cccc(Cl)c2)CC1. The number of anilines is 1. The molecule has 1 aromatic carbocycles. The van der Waals surface area contributed by atoms with Crippen LogP contribution in [0, 0.1) is 5.92 Å². The standard InChI is InChI=1S/C22H31ClN4O3S2/c1-17(2)21(25-32(29,30)20-8-4-15-31-20)22(28)24-9-5-10-26-11-13-27(14-12-26)19-7-3-6-18(23)16-19/h3-4,6-8,15-17,21,25H,5,9-14H2,1-2H3,(H,24,28)/t21-/m1/s1. The number of sulfonamides is 1. The number of carbonyl (C=O) groups is 1. The average Bonchev–Trinajstić information content (AvgIpc) is 3.31. The number of nitrogens with zero attached hydrogens (tertiary/aromatic N) is 2. The van der Waals surface area contributed by atoms with Gasteiger partial charge in [-0.2, -0.15) is 4.72 Å². The summed E-state index contributed by atoms with van der Waals surface area (Å²) in [4.78, 5) is 17.4. The van der Waals surface area contributed by atoms with Crippen molar-refractivity contribution in [2.24, 2.45) is 5.92 Å². The fourth-order valence-corrected chi connectivity index (χ4v) is 6.20. The highest BCUT2D eigenvalue weighted by Crippen LogP contribution is 2.21. The maximum atomic E-state index is 12.6. The first kappa shape index (κ1) is 25.0. The maximum Gasteiger partial charge on any atom is 0.250 e. The van der Waals surface area contributed by atoms with Crippen LogP contribution in [0.3, 0.4) is 0 Å². The van der Waals surface area contributed by atoms with Crippen LogP contribution >= 0.6 is 22.9 Å². The van der Waals surface area contributed by atoms with E-state index in [9.17, 15) is 13.2 Å². The van der Waals surface area contributed by atoms with Crippen LogP contribution in [0.15, 0.2) is 46.0 Å². The van der Waals surface area contributed by atoms with Crippen molar-refractivity contribution in [1.82, 2.24) is 14.9 Å². The normalized spacial score (nSPS) is 16.3. The van der Waals surface area contributed by atoms with Gasteiger partial charge in [0.2, 0.25) is 5.91 Å². The molecule has 0 bridgehead atoms. The van der Waals surface area contributed by atoms with Crippen molar-refractivity contribution >= 4 is 44.6 Å². The van der Waals surface area contributed by atoms with Gasteiger partial charge in [-0.3, -0.25) is 9.69 Å². The van der Waals surface area contributed by atoms with Crippen LogP contribution in [-0.2, 0) is 14.8 Å². The fourth-order valence-electron chi connectivity index (χ4n) is 3.66. The van der Waals surface area contributed by atoms with Crippen LogP contribution in [0.25, 0.3) is 0 Å². The first-order valence-electron chi connectivity index (χ1n) is 10.8. The molecule has 1 atom stereocenters. The molecular formula is C22H31ClN4O3S2. The van der Waals surface area contributed by atoms with Gasteiger partial charge >= 0.3 is 0 Å². The van der Waals surface area contributed by atoms with E-state index in [0.717, 1.165) is 61.2 Å². The van der Waals surface area contributed by atoms with Crippen molar-refractivity contribution in [1.29, 1.82) is 0 Å². The lowest BCUT2D eigenvalue weighted by atomic mass is 10.1. The summed E-state index contributed by atoms with van der Waals surface area (Å²) in [6, 6.07) is 10.3. The van der Waals surface area contributed by atoms with Gasteiger partial charge in [0, 0.05) is 43.4 Å². The number of hydrogen-bond acceptors (Lipinski definition) is 6. The molecule has 1 aliphatic rings. The summed E-state index contributed by atoms with van der Waals surface area (Å²) in [5.41, 5.74) is 1.15. The molecule has 2 aromatic rings. The van der Waals surface area contributed by atoms with E-state index in [1.807, 2.05) is 32.0 Å².